The van der Waals surface area contributed by atoms with E-state index in [1.165, 1.54) is 30.3 Å². The summed E-state index contributed by atoms with van der Waals surface area (Å²) in [6.07, 6.45) is 0. The number of piperidine rings is 1. The number of ketones is 1. The number of rotatable bonds is 6. The summed E-state index contributed by atoms with van der Waals surface area (Å²) in [6.45, 7) is 2.72. The maximum atomic E-state index is 14.7. The molecule has 0 unspecified atom stereocenters. The molecule has 1 saturated heterocycles. The van der Waals surface area contributed by atoms with Crippen LogP contribution in [0, 0.1) is 24.5 Å². The molecule has 1 aliphatic heterocycles. The largest absolute Gasteiger partial charge is 0.508 e. The van der Waals surface area contributed by atoms with Crippen molar-refractivity contribution in [2.24, 2.45) is 5.92 Å². The Hall–Kier alpha value is -2.80. The van der Waals surface area contributed by atoms with Crippen molar-refractivity contribution in [2.45, 2.75) is 18.8 Å². The lowest BCUT2D eigenvalue weighted by atomic mass is 9.67. The van der Waals surface area contributed by atoms with Crippen LogP contribution in [0.4, 0.5) is 8.78 Å². The SMILES string of the molecule is Cc1c(F)cccc1[C@H]1[C@@H](C(=O)c2cccc(O)c2)CN(CCO)C[C@@H]1c1ccc(F)cc1Cl. The molecule has 1 aliphatic rings. The summed E-state index contributed by atoms with van der Waals surface area (Å²) in [5.74, 6) is -2.50. The second kappa shape index (κ2) is 10.2. The standard InChI is InChI=1S/C27H26ClF2NO3/c1-16-20(6-3-7-25(16)30)26-22(21-9-8-18(29)13-24(21)28)14-31(10-11-32)15-23(26)27(34)17-4-2-5-19(33)12-17/h2-9,12-13,22-23,26,32-33H,10-11,14-15H2,1H3/t22-,23+,26-/m1/s1. The molecule has 4 nitrogen and oxygen atoms in total. The van der Waals surface area contributed by atoms with Gasteiger partial charge in [0.1, 0.15) is 17.4 Å². The summed E-state index contributed by atoms with van der Waals surface area (Å²) in [5.41, 5.74) is 2.14. The van der Waals surface area contributed by atoms with Gasteiger partial charge in [0.2, 0.25) is 0 Å². The Morgan fingerprint density at radius 2 is 1.82 bits per heavy atom. The molecule has 0 saturated carbocycles. The highest BCUT2D eigenvalue weighted by molar-refractivity contribution is 6.31. The van der Waals surface area contributed by atoms with Crippen LogP contribution in [-0.4, -0.2) is 47.1 Å². The number of phenols is 1. The number of β-amino-alcohol motifs (C(OH)–C–C–N with tert-alkyl or cyclic N) is 1. The maximum Gasteiger partial charge on any atom is 0.167 e. The number of benzene rings is 3. The van der Waals surface area contributed by atoms with Gasteiger partial charge >= 0.3 is 0 Å². The van der Waals surface area contributed by atoms with E-state index in [9.17, 15) is 23.8 Å². The van der Waals surface area contributed by atoms with Crippen molar-refractivity contribution in [3.63, 3.8) is 0 Å². The molecule has 0 aromatic heterocycles. The lowest BCUT2D eigenvalue weighted by molar-refractivity contribution is 0.0700. The summed E-state index contributed by atoms with van der Waals surface area (Å²) >= 11 is 6.48. The third kappa shape index (κ3) is 4.85. The molecule has 0 radical (unpaired) electrons. The number of hydrogen-bond acceptors (Lipinski definition) is 4. The fraction of sp³-hybridized carbons (Fsp3) is 0.296. The minimum absolute atomic E-state index is 0.0227. The van der Waals surface area contributed by atoms with Gasteiger partial charge in [0.05, 0.1) is 6.61 Å². The molecule has 3 aromatic rings. The molecule has 3 atom stereocenters. The van der Waals surface area contributed by atoms with E-state index in [4.69, 9.17) is 11.6 Å². The average Bonchev–Trinajstić information content (AvgIpc) is 2.80. The number of nitrogens with zero attached hydrogens (tertiary/aromatic N) is 1. The second-order valence-electron chi connectivity index (χ2n) is 8.76. The van der Waals surface area contributed by atoms with Crippen LogP contribution in [0.25, 0.3) is 0 Å². The highest BCUT2D eigenvalue weighted by Gasteiger charge is 2.43. The number of aromatic hydroxyl groups is 1. The lowest BCUT2D eigenvalue weighted by Crippen LogP contribution is -2.48. The van der Waals surface area contributed by atoms with Crippen LogP contribution < -0.4 is 0 Å². The first-order valence-corrected chi connectivity index (χ1v) is 11.5. The summed E-state index contributed by atoms with van der Waals surface area (Å²) in [4.78, 5) is 15.8. The smallest absolute Gasteiger partial charge is 0.167 e. The molecule has 178 valence electrons. The van der Waals surface area contributed by atoms with Gasteiger partial charge in [0, 0.05) is 48.0 Å². The van der Waals surface area contributed by atoms with Gasteiger partial charge < -0.3 is 10.2 Å². The molecule has 1 heterocycles. The molecule has 0 amide bonds. The van der Waals surface area contributed by atoms with Crippen molar-refractivity contribution in [3.8, 4) is 5.75 Å². The van der Waals surface area contributed by atoms with Gasteiger partial charge in [0.15, 0.2) is 5.78 Å². The van der Waals surface area contributed by atoms with Crippen LogP contribution in [0.15, 0.2) is 60.7 Å². The van der Waals surface area contributed by atoms with Crippen molar-refractivity contribution in [2.75, 3.05) is 26.2 Å². The summed E-state index contributed by atoms with van der Waals surface area (Å²) in [7, 11) is 0. The van der Waals surface area contributed by atoms with Crippen molar-refractivity contribution >= 4 is 17.4 Å². The molecule has 0 spiro atoms. The number of carbonyl (C=O) groups is 1. The van der Waals surface area contributed by atoms with Gasteiger partial charge in [-0.05, 0) is 53.9 Å². The van der Waals surface area contributed by atoms with Gasteiger partial charge in [-0.2, -0.15) is 0 Å². The number of Topliss-reactive ketones (excluding diaryl/α,β-unsaturated/α-hetero) is 1. The van der Waals surface area contributed by atoms with Crippen LogP contribution in [0.3, 0.4) is 0 Å². The van der Waals surface area contributed by atoms with E-state index in [-0.39, 0.29) is 34.9 Å². The molecular weight excluding hydrogens is 460 g/mol. The fourth-order valence-electron chi connectivity index (χ4n) is 5.09. The topological polar surface area (TPSA) is 60.8 Å². The first-order chi connectivity index (χ1) is 16.3. The monoisotopic (exact) mass is 485 g/mol. The summed E-state index contributed by atoms with van der Waals surface area (Å²) < 4.78 is 28.5. The molecule has 0 bridgehead atoms. The molecule has 0 aliphatic carbocycles. The van der Waals surface area contributed by atoms with Crippen LogP contribution in [-0.2, 0) is 0 Å². The minimum atomic E-state index is -0.617. The lowest BCUT2D eigenvalue weighted by Gasteiger charge is -2.44. The van der Waals surface area contributed by atoms with Gasteiger partial charge in [-0.3, -0.25) is 9.69 Å². The number of aliphatic hydroxyl groups is 1. The first-order valence-electron chi connectivity index (χ1n) is 11.2. The summed E-state index contributed by atoms with van der Waals surface area (Å²) in [5, 5.41) is 19.8. The Labute approximate surface area is 202 Å². The Kier molecular flexibility index (Phi) is 7.31. The third-order valence-corrected chi connectivity index (χ3v) is 7.02. The molecule has 1 fully saturated rings. The second-order valence-corrected chi connectivity index (χ2v) is 9.16. The van der Waals surface area contributed by atoms with Crippen LogP contribution in [0.5, 0.6) is 5.75 Å². The van der Waals surface area contributed by atoms with Crippen molar-refractivity contribution < 1.29 is 23.8 Å². The highest BCUT2D eigenvalue weighted by Crippen LogP contribution is 2.47. The van der Waals surface area contributed by atoms with Gasteiger partial charge in [-0.25, -0.2) is 8.78 Å². The Balaban J connectivity index is 1.90. The molecule has 2 N–H and O–H groups in total. The Morgan fingerprint density at radius 1 is 1.06 bits per heavy atom. The van der Waals surface area contributed by atoms with E-state index in [1.807, 2.05) is 11.0 Å². The Bertz CT molecular complexity index is 1200. The number of likely N-dealkylation sites (tertiary alicyclic amines) is 1. The average molecular weight is 486 g/mol. The van der Waals surface area contributed by atoms with E-state index in [0.717, 1.165) is 0 Å². The van der Waals surface area contributed by atoms with E-state index in [1.54, 1.807) is 31.2 Å². The zero-order valence-corrected chi connectivity index (χ0v) is 19.5. The van der Waals surface area contributed by atoms with Crippen molar-refractivity contribution in [3.05, 3.63) is 99.6 Å². The molecule has 4 rings (SSSR count). The van der Waals surface area contributed by atoms with E-state index >= 15 is 0 Å². The maximum absolute atomic E-state index is 14.7. The minimum Gasteiger partial charge on any atom is -0.508 e. The normalized spacial score (nSPS) is 20.9. The van der Waals surface area contributed by atoms with Crippen LogP contribution in [0.1, 0.15) is 38.9 Å². The van der Waals surface area contributed by atoms with Crippen LogP contribution in [0.2, 0.25) is 5.02 Å². The summed E-state index contributed by atoms with van der Waals surface area (Å²) in [6, 6.07) is 15.2. The fourth-order valence-corrected chi connectivity index (χ4v) is 5.40. The number of hydrogen-bond donors (Lipinski definition) is 2. The highest BCUT2D eigenvalue weighted by atomic mass is 35.5. The van der Waals surface area contributed by atoms with Crippen LogP contribution >= 0.6 is 11.6 Å². The zero-order chi connectivity index (χ0) is 24.4. The number of carbonyl (C=O) groups excluding carboxylic acids is 1. The van der Waals surface area contributed by atoms with E-state index in [2.05, 4.69) is 0 Å². The predicted octanol–water partition coefficient (Wildman–Crippen LogP) is 5.31. The Morgan fingerprint density at radius 3 is 2.53 bits per heavy atom. The quantitative estimate of drug-likeness (QED) is 0.465. The zero-order valence-electron chi connectivity index (χ0n) is 18.7. The molecular formula is C27H26ClF2NO3. The van der Waals surface area contributed by atoms with Gasteiger partial charge in [-0.1, -0.05) is 41.9 Å². The third-order valence-electron chi connectivity index (χ3n) is 6.69. The number of halogens is 3. The van der Waals surface area contributed by atoms with E-state index < -0.39 is 17.7 Å². The number of phenolic OH excluding ortho intramolecular Hbond substituents is 1. The van der Waals surface area contributed by atoms with E-state index in [0.29, 0.717) is 41.9 Å². The van der Waals surface area contributed by atoms with Crippen molar-refractivity contribution in [1.29, 1.82) is 0 Å². The molecule has 7 heteroatoms. The van der Waals surface area contributed by atoms with Gasteiger partial charge in [-0.15, -0.1) is 0 Å². The number of aliphatic hydroxyl groups excluding tert-OH is 1. The first kappa shape index (κ1) is 24.3. The molecule has 3 aromatic carbocycles. The predicted molar refractivity (Wildman–Crippen MR) is 127 cm³/mol. The van der Waals surface area contributed by atoms with Crippen molar-refractivity contribution in [1.82, 2.24) is 4.90 Å². The molecule has 34 heavy (non-hydrogen) atoms. The van der Waals surface area contributed by atoms with Gasteiger partial charge in [0.25, 0.3) is 0 Å².